The Morgan fingerprint density at radius 2 is 1.59 bits per heavy atom. The average molecular weight is 999 g/mol. The first kappa shape index (κ1) is 59.7. The predicted molar refractivity (Wildman–Crippen MR) is 268 cm³/mol. The summed E-state index contributed by atoms with van der Waals surface area (Å²) >= 11 is 0. The van der Waals surface area contributed by atoms with Crippen molar-refractivity contribution in [2.45, 2.75) is 180 Å². The zero-order chi connectivity index (χ0) is 52.7. The lowest BCUT2D eigenvalue weighted by atomic mass is 9.78. The summed E-state index contributed by atoms with van der Waals surface area (Å²) in [5.74, 6) is -8.55. The second-order valence-electron chi connectivity index (χ2n) is 21.3. The van der Waals surface area contributed by atoms with E-state index in [0.717, 1.165) is 5.57 Å². The van der Waals surface area contributed by atoms with Crippen LogP contribution in [0, 0.1) is 35.5 Å². The summed E-state index contributed by atoms with van der Waals surface area (Å²) < 4.78 is 35.6. The second-order valence-corrected chi connectivity index (χ2v) is 21.3. The van der Waals surface area contributed by atoms with Crippen LogP contribution < -0.4 is 0 Å². The van der Waals surface area contributed by atoms with Crippen LogP contribution in [0.25, 0.3) is 0 Å². The van der Waals surface area contributed by atoms with Gasteiger partial charge in [-0.3, -0.25) is 28.9 Å². The van der Waals surface area contributed by atoms with E-state index in [9.17, 15) is 39.0 Å². The van der Waals surface area contributed by atoms with E-state index in [2.05, 4.69) is 0 Å². The third-order valence-electron chi connectivity index (χ3n) is 15.2. The number of amides is 1. The summed E-state index contributed by atoms with van der Waals surface area (Å²) in [5.41, 5.74) is 1.25. The molecule has 0 unspecified atom stereocenters. The monoisotopic (exact) mass is 999 g/mol. The molecule has 2 saturated heterocycles. The number of nitrogens with zero attached hydrogens (tertiary/aromatic N) is 2. The lowest BCUT2D eigenvalue weighted by Crippen LogP contribution is -2.61. The van der Waals surface area contributed by atoms with Crippen molar-refractivity contribution in [1.29, 1.82) is 0 Å². The van der Waals surface area contributed by atoms with Crippen LogP contribution in [0.15, 0.2) is 47.6 Å². The number of methoxy groups -OCH3 is 3. The molecule has 2 N–H and O–H groups in total. The molecule has 400 valence electrons. The van der Waals surface area contributed by atoms with Crippen LogP contribution >= 0.6 is 0 Å². The molecule has 0 aromatic heterocycles. The zero-order valence-corrected chi connectivity index (χ0v) is 44.6. The molecule has 1 saturated carbocycles. The first-order valence-electron chi connectivity index (χ1n) is 25.9. The van der Waals surface area contributed by atoms with Crippen molar-refractivity contribution in [2.24, 2.45) is 35.5 Å². The van der Waals surface area contributed by atoms with Crippen molar-refractivity contribution in [3.63, 3.8) is 0 Å². The Balaban J connectivity index is 1.69. The van der Waals surface area contributed by atoms with E-state index in [-0.39, 0.29) is 67.3 Å². The first-order valence-corrected chi connectivity index (χ1v) is 25.9. The van der Waals surface area contributed by atoms with Crippen molar-refractivity contribution >= 4 is 35.2 Å². The molecule has 15 atom stereocenters. The van der Waals surface area contributed by atoms with Crippen LogP contribution in [0.1, 0.15) is 126 Å². The van der Waals surface area contributed by atoms with Crippen LogP contribution in [-0.2, 0) is 57.2 Å². The lowest BCUT2D eigenvalue weighted by molar-refractivity contribution is -0.265. The molecule has 0 aromatic rings. The highest BCUT2D eigenvalue weighted by molar-refractivity contribution is 6.39. The van der Waals surface area contributed by atoms with Gasteiger partial charge in [0.05, 0.1) is 24.9 Å². The Hall–Kier alpha value is -3.90. The fourth-order valence-corrected chi connectivity index (χ4v) is 10.7. The van der Waals surface area contributed by atoms with Gasteiger partial charge in [-0.2, -0.15) is 0 Å². The highest BCUT2D eigenvalue weighted by Crippen LogP contribution is 2.38. The first-order chi connectivity index (χ1) is 33.5. The predicted octanol–water partition coefficient (Wildman–Crippen LogP) is 6.29. The van der Waals surface area contributed by atoms with Gasteiger partial charge in [0.1, 0.15) is 36.2 Å². The third-order valence-corrected chi connectivity index (χ3v) is 15.2. The number of Topliss-reactive ketones (excluding diaryl/α,β-unsaturated/α-hetero) is 3. The minimum absolute atomic E-state index is 0.00828. The van der Waals surface area contributed by atoms with Gasteiger partial charge < -0.3 is 43.5 Å². The number of rotatable bonds is 9. The van der Waals surface area contributed by atoms with E-state index in [4.69, 9.17) is 28.4 Å². The molecule has 71 heavy (non-hydrogen) atoms. The molecule has 16 heteroatoms. The van der Waals surface area contributed by atoms with E-state index < -0.39 is 83.9 Å². The number of allylic oxidation sites excluding steroid dienone is 6. The highest BCUT2D eigenvalue weighted by Gasteiger charge is 2.53. The maximum absolute atomic E-state index is 14.5. The standard InChI is InChI=1S/C55H86N2O14/c1-33-18-14-13-15-19-34(2)45(66-10)30-41-23-21-39(7)55(65,71-41)52(62)53(63)57-25-17-16-20-42(57)54(64)70-46(31-43(58)35(3)27-38(6)50(61)51(68-12)49(60)37(5)26-33)36(4)28-40-22-24-44(47(29-40)67-11)69-48(59)32-56(8)9/h13-15,18-19,27,33,35-37,39-42,44-47,50-51,61,65H,16-17,20-26,28-32H2,1-12H3/b15-13+,18-14+,34-19+,38-27+/t33-,35-,36-,37-,39-,40+,41+,42+,44-,45+,46+,47-,50-,51+,55-/m1/s1. The smallest absolute Gasteiger partial charge is 0.329 e. The van der Waals surface area contributed by atoms with Gasteiger partial charge in [-0.15, -0.1) is 0 Å². The van der Waals surface area contributed by atoms with Crippen LogP contribution in [0.4, 0.5) is 0 Å². The number of aliphatic hydroxyl groups excluding tert-OH is 1. The number of ether oxygens (including phenoxy) is 6. The number of piperidine rings is 1. The summed E-state index contributed by atoms with van der Waals surface area (Å²) in [6.07, 6.45) is 11.0. The van der Waals surface area contributed by atoms with Gasteiger partial charge in [0, 0.05) is 58.5 Å². The Kier molecular flexibility index (Phi) is 23.5. The van der Waals surface area contributed by atoms with Gasteiger partial charge in [-0.1, -0.05) is 71.1 Å². The van der Waals surface area contributed by atoms with Crippen LogP contribution in [0.2, 0.25) is 0 Å². The number of fused-ring (bicyclic) bond motifs is 3. The second kappa shape index (κ2) is 28.0. The fourth-order valence-electron chi connectivity index (χ4n) is 10.7. The number of carbonyl (C=O) groups is 6. The van der Waals surface area contributed by atoms with Gasteiger partial charge in [-0.25, -0.2) is 4.79 Å². The summed E-state index contributed by atoms with van der Waals surface area (Å²) in [6, 6.07) is -1.17. The zero-order valence-electron chi connectivity index (χ0n) is 44.6. The largest absolute Gasteiger partial charge is 0.460 e. The number of esters is 2. The molecule has 0 spiro atoms. The molecule has 16 nitrogen and oxygen atoms in total. The Morgan fingerprint density at radius 3 is 2.25 bits per heavy atom. The minimum Gasteiger partial charge on any atom is -0.460 e. The third kappa shape index (κ3) is 16.6. The molecule has 4 aliphatic rings. The average Bonchev–Trinajstić information content (AvgIpc) is 3.33. The van der Waals surface area contributed by atoms with Crippen LogP contribution in [0.3, 0.4) is 0 Å². The summed E-state index contributed by atoms with van der Waals surface area (Å²) in [5, 5.41) is 23.5. The molecule has 0 aromatic carbocycles. The molecule has 3 heterocycles. The van der Waals surface area contributed by atoms with Gasteiger partial charge in [-0.05, 0) is 121 Å². The normalized spacial score (nSPS) is 38.0. The van der Waals surface area contributed by atoms with Crippen molar-refractivity contribution in [1.82, 2.24) is 9.80 Å². The summed E-state index contributed by atoms with van der Waals surface area (Å²) in [4.78, 5) is 86.7. The van der Waals surface area contributed by atoms with Gasteiger partial charge in [0.2, 0.25) is 5.79 Å². The van der Waals surface area contributed by atoms with E-state index >= 15 is 0 Å². The molecule has 1 aliphatic carbocycles. The van der Waals surface area contributed by atoms with E-state index in [1.807, 2.05) is 58.1 Å². The van der Waals surface area contributed by atoms with E-state index in [1.54, 1.807) is 60.1 Å². The molecule has 3 aliphatic heterocycles. The molecule has 1 amide bonds. The molecule has 0 radical (unpaired) electrons. The molecular weight excluding hydrogens is 913 g/mol. The number of cyclic esters (lactones) is 1. The van der Waals surface area contributed by atoms with Crippen molar-refractivity contribution < 1.29 is 67.4 Å². The van der Waals surface area contributed by atoms with Gasteiger partial charge >= 0.3 is 11.9 Å². The molecule has 4 rings (SSSR count). The minimum atomic E-state index is -2.45. The topological polar surface area (TPSA) is 205 Å². The fraction of sp³-hybridized carbons (Fsp3) is 0.745. The maximum Gasteiger partial charge on any atom is 0.329 e. The molecule has 3 fully saturated rings. The van der Waals surface area contributed by atoms with E-state index in [1.165, 1.54) is 12.0 Å². The van der Waals surface area contributed by atoms with Crippen LogP contribution in [-0.4, -0.2) is 158 Å². The number of likely N-dealkylation sites (N-methyl/N-ethyl adjacent to an activating group) is 1. The number of hydrogen-bond acceptors (Lipinski definition) is 15. The lowest BCUT2D eigenvalue weighted by Gasteiger charge is -2.42. The van der Waals surface area contributed by atoms with Gasteiger partial charge in [0.15, 0.2) is 5.78 Å². The summed E-state index contributed by atoms with van der Waals surface area (Å²) in [7, 11) is 8.11. The Morgan fingerprint density at radius 1 is 0.873 bits per heavy atom. The maximum atomic E-state index is 14.5. The summed E-state index contributed by atoms with van der Waals surface area (Å²) in [6.45, 7) is 12.8. The number of ketones is 3. The number of hydrogen-bond donors (Lipinski definition) is 2. The highest BCUT2D eigenvalue weighted by atomic mass is 16.6. The van der Waals surface area contributed by atoms with Crippen molar-refractivity contribution in [3.8, 4) is 0 Å². The van der Waals surface area contributed by atoms with Gasteiger partial charge in [0.25, 0.3) is 11.7 Å². The van der Waals surface area contributed by atoms with Crippen LogP contribution in [0.5, 0.6) is 0 Å². The molecule has 2 bridgehead atoms. The Labute approximate surface area is 422 Å². The number of carbonyl (C=O) groups excluding carboxylic acids is 6. The SMILES string of the molecule is CO[C@H]1C[C@@H]2CC[C@@H](C)[C@@](O)(O2)C(=O)C(=O)N2CCCC[C@H]2C(=O)O[C@H]([C@H](C)C[C@@H]2CC[C@@H](OC(=O)CN(C)C)[C@H](OC)C2)CC(=O)[C@H](C)/C=C(\C)[C@@H](O)[C@@H](OC)C(=O)[C@H](C)C[C@H](C)/C=C/C=C/C=C/1C. The quantitative estimate of drug-likeness (QED) is 0.148. The molecular formula is C55H86N2O14. The van der Waals surface area contributed by atoms with Crippen molar-refractivity contribution in [3.05, 3.63) is 47.6 Å². The Bertz CT molecular complexity index is 1950. The van der Waals surface area contributed by atoms with Crippen molar-refractivity contribution in [2.75, 3.05) is 48.5 Å². The van der Waals surface area contributed by atoms with E-state index in [0.29, 0.717) is 69.8 Å². The number of aliphatic hydroxyl groups is 2.